The lowest BCUT2D eigenvalue weighted by atomic mass is 10.0. The molecule has 1 atom stereocenters. The summed E-state index contributed by atoms with van der Waals surface area (Å²) >= 11 is 1.53. The smallest absolute Gasteiger partial charge is 0.251 e. The van der Waals surface area contributed by atoms with E-state index in [-0.39, 0.29) is 5.91 Å². The van der Waals surface area contributed by atoms with Crippen molar-refractivity contribution in [1.29, 1.82) is 0 Å². The number of hydrogen-bond donors (Lipinski definition) is 2. The van der Waals surface area contributed by atoms with Crippen LogP contribution in [0.5, 0.6) is 0 Å². The van der Waals surface area contributed by atoms with Crippen LogP contribution in [0.15, 0.2) is 60.0 Å². The summed E-state index contributed by atoms with van der Waals surface area (Å²) in [6.07, 6.45) is -0.00961. The molecule has 3 aromatic rings. The van der Waals surface area contributed by atoms with E-state index in [1.165, 1.54) is 11.3 Å². The zero-order valence-corrected chi connectivity index (χ0v) is 12.8. The Balaban J connectivity index is 1.64. The van der Waals surface area contributed by atoms with Crippen molar-refractivity contribution in [3.8, 4) is 0 Å². The van der Waals surface area contributed by atoms with Crippen LogP contribution in [-0.2, 0) is 0 Å². The number of nitrogens with one attached hydrogen (secondary N) is 1. The van der Waals surface area contributed by atoms with Gasteiger partial charge in [0.1, 0.15) is 0 Å². The Labute approximate surface area is 133 Å². The lowest BCUT2D eigenvalue weighted by Crippen LogP contribution is -2.25. The summed E-state index contributed by atoms with van der Waals surface area (Å²) in [6.45, 7) is 0.446. The Morgan fingerprint density at radius 2 is 1.91 bits per heavy atom. The highest BCUT2D eigenvalue weighted by molar-refractivity contribution is 7.10. The van der Waals surface area contributed by atoms with Crippen molar-refractivity contribution in [3.05, 3.63) is 70.4 Å². The minimum Gasteiger partial charge on any atom is -0.388 e. The van der Waals surface area contributed by atoms with Crippen LogP contribution in [0.4, 0.5) is 0 Å². The number of rotatable bonds is 5. The number of thiophene rings is 1. The van der Waals surface area contributed by atoms with Crippen LogP contribution in [0.25, 0.3) is 10.8 Å². The Morgan fingerprint density at radius 1 is 1.09 bits per heavy atom. The van der Waals surface area contributed by atoms with E-state index in [1.807, 2.05) is 60.0 Å². The van der Waals surface area contributed by atoms with Crippen molar-refractivity contribution < 1.29 is 9.90 Å². The first kappa shape index (κ1) is 14.8. The predicted molar refractivity (Wildman–Crippen MR) is 90.2 cm³/mol. The van der Waals surface area contributed by atoms with Crippen LogP contribution in [0.3, 0.4) is 0 Å². The molecule has 22 heavy (non-hydrogen) atoms. The van der Waals surface area contributed by atoms with E-state index >= 15 is 0 Å². The number of carbonyl (C=O) groups is 1. The fourth-order valence-electron chi connectivity index (χ4n) is 2.46. The molecule has 3 rings (SSSR count). The highest BCUT2D eigenvalue weighted by Crippen LogP contribution is 2.21. The maximum Gasteiger partial charge on any atom is 0.251 e. The minimum atomic E-state index is -0.521. The molecule has 0 aliphatic carbocycles. The summed E-state index contributed by atoms with van der Waals surface area (Å²) in [4.78, 5) is 13.3. The molecule has 2 aromatic carbocycles. The van der Waals surface area contributed by atoms with Crippen LogP contribution >= 0.6 is 11.3 Å². The molecule has 0 aliphatic heterocycles. The predicted octanol–water partition coefficient (Wildman–Crippen LogP) is 3.75. The van der Waals surface area contributed by atoms with Crippen molar-refractivity contribution in [2.75, 3.05) is 6.54 Å². The van der Waals surface area contributed by atoms with Crippen LogP contribution in [-0.4, -0.2) is 17.6 Å². The molecule has 1 amide bonds. The molecule has 0 bridgehead atoms. The third kappa shape index (κ3) is 3.18. The van der Waals surface area contributed by atoms with Gasteiger partial charge >= 0.3 is 0 Å². The normalized spacial score (nSPS) is 12.2. The number of fused-ring (bicyclic) bond motifs is 1. The first-order chi connectivity index (χ1) is 10.8. The van der Waals surface area contributed by atoms with Gasteiger partial charge in [0, 0.05) is 17.0 Å². The van der Waals surface area contributed by atoms with Crippen molar-refractivity contribution in [2.45, 2.75) is 12.5 Å². The van der Waals surface area contributed by atoms with Crippen LogP contribution in [0.2, 0.25) is 0 Å². The quantitative estimate of drug-likeness (QED) is 0.754. The van der Waals surface area contributed by atoms with Gasteiger partial charge in [-0.1, -0.05) is 42.5 Å². The second-order valence-corrected chi connectivity index (χ2v) is 6.08. The van der Waals surface area contributed by atoms with E-state index in [1.54, 1.807) is 0 Å². The number of aliphatic hydroxyl groups excluding tert-OH is 1. The second kappa shape index (κ2) is 6.73. The van der Waals surface area contributed by atoms with Gasteiger partial charge in [-0.2, -0.15) is 0 Å². The van der Waals surface area contributed by atoms with E-state index < -0.39 is 6.10 Å². The summed E-state index contributed by atoms with van der Waals surface area (Å²) < 4.78 is 0. The average molecular weight is 311 g/mol. The number of hydrogen-bond acceptors (Lipinski definition) is 3. The Bertz CT molecular complexity index is 762. The van der Waals surface area contributed by atoms with E-state index in [2.05, 4.69) is 5.32 Å². The summed E-state index contributed by atoms with van der Waals surface area (Å²) in [7, 11) is 0. The van der Waals surface area contributed by atoms with Gasteiger partial charge in [0.05, 0.1) is 6.10 Å². The highest BCUT2D eigenvalue weighted by atomic mass is 32.1. The fourth-order valence-corrected chi connectivity index (χ4v) is 3.21. The zero-order chi connectivity index (χ0) is 15.4. The lowest BCUT2D eigenvalue weighted by Gasteiger charge is -2.11. The van der Waals surface area contributed by atoms with Crippen molar-refractivity contribution in [2.24, 2.45) is 0 Å². The van der Waals surface area contributed by atoms with Gasteiger partial charge in [0.15, 0.2) is 0 Å². The molecule has 0 fully saturated rings. The van der Waals surface area contributed by atoms with Gasteiger partial charge in [0.2, 0.25) is 0 Å². The molecule has 1 aromatic heterocycles. The molecule has 0 aliphatic rings. The molecule has 1 unspecified atom stereocenters. The van der Waals surface area contributed by atoms with Crippen LogP contribution in [0.1, 0.15) is 27.8 Å². The zero-order valence-electron chi connectivity index (χ0n) is 12.0. The second-order valence-electron chi connectivity index (χ2n) is 5.10. The van der Waals surface area contributed by atoms with Gasteiger partial charge in [-0.15, -0.1) is 11.3 Å². The molecule has 0 radical (unpaired) electrons. The molecule has 112 valence electrons. The molecule has 4 heteroatoms. The maximum atomic E-state index is 12.3. The van der Waals surface area contributed by atoms with E-state index in [4.69, 9.17) is 0 Å². The molecule has 2 N–H and O–H groups in total. The van der Waals surface area contributed by atoms with Crippen LogP contribution < -0.4 is 5.32 Å². The molecule has 0 saturated carbocycles. The highest BCUT2D eigenvalue weighted by Gasteiger charge is 2.11. The van der Waals surface area contributed by atoms with Crippen molar-refractivity contribution >= 4 is 28.0 Å². The molecule has 0 spiro atoms. The summed E-state index contributed by atoms with van der Waals surface area (Å²) in [5.41, 5.74) is 0.670. The molecule has 0 saturated heterocycles. The number of amides is 1. The Morgan fingerprint density at radius 3 is 2.73 bits per heavy atom. The Hall–Kier alpha value is -2.17. The largest absolute Gasteiger partial charge is 0.388 e. The molecule has 1 heterocycles. The first-order valence-corrected chi connectivity index (χ1v) is 8.11. The molecule has 3 nitrogen and oxygen atoms in total. The monoisotopic (exact) mass is 311 g/mol. The number of carbonyl (C=O) groups excluding carboxylic acids is 1. The lowest BCUT2D eigenvalue weighted by molar-refractivity contribution is 0.0945. The topological polar surface area (TPSA) is 49.3 Å². The SMILES string of the molecule is O=C(NCCC(O)c1cccs1)c1cccc2ccccc12. The van der Waals surface area contributed by atoms with E-state index in [0.717, 1.165) is 15.6 Å². The summed E-state index contributed by atoms with van der Waals surface area (Å²) in [5.74, 6) is -0.102. The van der Waals surface area contributed by atoms with Gasteiger partial charge in [-0.3, -0.25) is 4.79 Å². The summed E-state index contributed by atoms with van der Waals surface area (Å²) in [6, 6.07) is 17.4. The van der Waals surface area contributed by atoms with Gasteiger partial charge < -0.3 is 10.4 Å². The van der Waals surface area contributed by atoms with Gasteiger partial charge in [-0.25, -0.2) is 0 Å². The maximum absolute atomic E-state index is 12.3. The third-order valence-electron chi connectivity index (χ3n) is 3.61. The molecular formula is C18H17NO2S. The fraction of sp³-hybridized carbons (Fsp3) is 0.167. The van der Waals surface area contributed by atoms with Gasteiger partial charge in [0.25, 0.3) is 5.91 Å². The third-order valence-corrected chi connectivity index (χ3v) is 4.58. The summed E-state index contributed by atoms with van der Waals surface area (Å²) in [5, 5.41) is 16.8. The number of aliphatic hydroxyl groups is 1. The molecular weight excluding hydrogens is 294 g/mol. The minimum absolute atomic E-state index is 0.102. The number of benzene rings is 2. The standard InChI is InChI=1S/C18H17NO2S/c20-16(17-9-4-12-22-17)10-11-19-18(21)15-8-3-6-13-5-1-2-7-14(13)15/h1-9,12,16,20H,10-11H2,(H,19,21). The van der Waals surface area contributed by atoms with Gasteiger partial charge in [-0.05, 0) is 34.7 Å². The first-order valence-electron chi connectivity index (χ1n) is 7.23. The van der Waals surface area contributed by atoms with Crippen LogP contribution in [0, 0.1) is 0 Å². The van der Waals surface area contributed by atoms with E-state index in [9.17, 15) is 9.90 Å². The van der Waals surface area contributed by atoms with E-state index in [0.29, 0.717) is 18.5 Å². The van der Waals surface area contributed by atoms with Crippen molar-refractivity contribution in [3.63, 3.8) is 0 Å². The average Bonchev–Trinajstić information content (AvgIpc) is 3.08. The van der Waals surface area contributed by atoms with Crippen molar-refractivity contribution in [1.82, 2.24) is 5.32 Å². The Kier molecular flexibility index (Phi) is 4.51.